The minimum absolute atomic E-state index is 0.000526. The van der Waals surface area contributed by atoms with Crippen molar-refractivity contribution in [2.24, 2.45) is 0 Å². The molecule has 10 heteroatoms. The van der Waals surface area contributed by atoms with Gasteiger partial charge in [0.15, 0.2) is 5.69 Å². The van der Waals surface area contributed by atoms with Gasteiger partial charge in [-0.1, -0.05) is 24.3 Å². The molecular formula is C26H27FN4O5. The standard InChI is InChI=1S/C26H27FN4O5/c1-4-36-24(33)21-13-22-23(32)30(15-18-7-11-20(35-3)12-8-18)26(2,16-31(22)29-21)25(34)28-14-17-5-9-19(27)10-6-17/h5-13H,4,14-16H2,1-3H3,(H,28,34)/t26-/m1/s1. The van der Waals surface area contributed by atoms with E-state index in [0.717, 1.165) is 5.56 Å². The molecule has 36 heavy (non-hydrogen) atoms. The van der Waals surface area contributed by atoms with Gasteiger partial charge in [-0.3, -0.25) is 14.3 Å². The quantitative estimate of drug-likeness (QED) is 0.483. The van der Waals surface area contributed by atoms with Crippen LogP contribution in [0.2, 0.25) is 0 Å². The lowest BCUT2D eigenvalue weighted by Gasteiger charge is -2.43. The van der Waals surface area contributed by atoms with Gasteiger partial charge >= 0.3 is 5.97 Å². The third kappa shape index (κ3) is 4.93. The highest BCUT2D eigenvalue weighted by molar-refractivity contribution is 6.01. The molecule has 9 nitrogen and oxygen atoms in total. The van der Waals surface area contributed by atoms with Crippen LogP contribution < -0.4 is 10.1 Å². The van der Waals surface area contributed by atoms with Gasteiger partial charge in [-0.15, -0.1) is 0 Å². The molecule has 1 aliphatic rings. The lowest BCUT2D eigenvalue weighted by molar-refractivity contribution is -0.133. The lowest BCUT2D eigenvalue weighted by atomic mass is 9.94. The number of carbonyl (C=O) groups is 3. The van der Waals surface area contributed by atoms with E-state index in [1.807, 2.05) is 12.1 Å². The van der Waals surface area contributed by atoms with E-state index >= 15 is 0 Å². The summed E-state index contributed by atoms with van der Waals surface area (Å²) in [5, 5.41) is 7.10. The average molecular weight is 495 g/mol. The Morgan fingerprint density at radius 2 is 1.78 bits per heavy atom. The van der Waals surface area contributed by atoms with Crippen LogP contribution in [0.5, 0.6) is 5.75 Å². The first-order valence-corrected chi connectivity index (χ1v) is 11.5. The monoisotopic (exact) mass is 494 g/mol. The molecule has 0 spiro atoms. The number of nitrogens with one attached hydrogen (secondary N) is 1. The number of nitrogens with zero attached hydrogens (tertiary/aromatic N) is 3. The zero-order chi connectivity index (χ0) is 25.9. The number of aromatic nitrogens is 2. The van der Waals surface area contributed by atoms with Crippen LogP contribution in [0, 0.1) is 5.82 Å². The van der Waals surface area contributed by atoms with Crippen molar-refractivity contribution < 1.29 is 28.2 Å². The first-order valence-electron chi connectivity index (χ1n) is 11.5. The maximum absolute atomic E-state index is 13.6. The van der Waals surface area contributed by atoms with Gasteiger partial charge in [0.25, 0.3) is 5.91 Å². The Labute approximate surface area is 207 Å². The predicted molar refractivity (Wildman–Crippen MR) is 128 cm³/mol. The van der Waals surface area contributed by atoms with E-state index in [-0.39, 0.29) is 43.4 Å². The second-order valence-electron chi connectivity index (χ2n) is 8.62. The number of hydrogen-bond acceptors (Lipinski definition) is 6. The largest absolute Gasteiger partial charge is 0.497 e. The molecule has 0 aliphatic carbocycles. The fourth-order valence-electron chi connectivity index (χ4n) is 4.08. The highest BCUT2D eigenvalue weighted by Crippen LogP contribution is 2.30. The fourth-order valence-corrected chi connectivity index (χ4v) is 4.08. The molecular weight excluding hydrogens is 467 g/mol. The van der Waals surface area contributed by atoms with Crippen molar-refractivity contribution in [1.82, 2.24) is 20.0 Å². The number of amides is 2. The van der Waals surface area contributed by atoms with E-state index in [1.165, 1.54) is 27.8 Å². The molecule has 188 valence electrons. The Morgan fingerprint density at radius 1 is 1.11 bits per heavy atom. The Morgan fingerprint density at radius 3 is 2.42 bits per heavy atom. The minimum atomic E-state index is -1.33. The summed E-state index contributed by atoms with van der Waals surface area (Å²) in [7, 11) is 1.56. The molecule has 2 heterocycles. The summed E-state index contributed by atoms with van der Waals surface area (Å²) in [4.78, 5) is 40.9. The number of hydrogen-bond donors (Lipinski definition) is 1. The van der Waals surface area contributed by atoms with Crippen LogP contribution in [-0.2, 0) is 29.2 Å². The molecule has 0 radical (unpaired) electrons. The zero-order valence-electron chi connectivity index (χ0n) is 20.3. The molecule has 2 amide bonds. The van der Waals surface area contributed by atoms with Gasteiger partial charge in [0, 0.05) is 19.2 Å². The predicted octanol–water partition coefficient (Wildman–Crippen LogP) is 2.94. The fraction of sp³-hybridized carbons (Fsp3) is 0.308. The maximum atomic E-state index is 13.6. The van der Waals surface area contributed by atoms with Crippen LogP contribution in [0.3, 0.4) is 0 Å². The third-order valence-electron chi connectivity index (χ3n) is 6.14. The van der Waals surface area contributed by atoms with Gasteiger partial charge in [0.1, 0.15) is 22.8 Å². The summed E-state index contributed by atoms with van der Waals surface area (Å²) in [6.07, 6.45) is 0. The summed E-state index contributed by atoms with van der Waals surface area (Å²) >= 11 is 0. The number of esters is 1. The molecule has 0 unspecified atom stereocenters. The highest BCUT2D eigenvalue weighted by Gasteiger charge is 2.48. The van der Waals surface area contributed by atoms with Crippen LogP contribution in [0.15, 0.2) is 54.6 Å². The molecule has 1 aliphatic heterocycles. The van der Waals surface area contributed by atoms with Gasteiger partial charge in [0.2, 0.25) is 5.91 Å². The molecule has 1 N–H and O–H groups in total. The molecule has 2 aromatic carbocycles. The van der Waals surface area contributed by atoms with Gasteiger partial charge in [-0.05, 0) is 49.2 Å². The SMILES string of the molecule is CCOC(=O)c1cc2n(n1)C[C@](C)(C(=O)NCc1ccc(F)cc1)N(Cc1ccc(OC)cc1)C2=O. The molecule has 3 aromatic rings. The lowest BCUT2D eigenvalue weighted by Crippen LogP contribution is -2.63. The summed E-state index contributed by atoms with van der Waals surface area (Å²) in [6.45, 7) is 3.82. The van der Waals surface area contributed by atoms with Crippen molar-refractivity contribution in [3.63, 3.8) is 0 Å². The van der Waals surface area contributed by atoms with Crippen LogP contribution in [0.4, 0.5) is 4.39 Å². The highest BCUT2D eigenvalue weighted by atomic mass is 19.1. The summed E-state index contributed by atoms with van der Waals surface area (Å²) < 4.78 is 24.9. The molecule has 4 rings (SSSR count). The van der Waals surface area contributed by atoms with Crippen LogP contribution in [0.1, 0.15) is 46.0 Å². The van der Waals surface area contributed by atoms with Gasteiger partial charge < -0.3 is 19.7 Å². The second kappa shape index (κ2) is 10.2. The van der Waals surface area contributed by atoms with Crippen molar-refractivity contribution in [3.8, 4) is 5.75 Å². The van der Waals surface area contributed by atoms with Crippen molar-refractivity contribution in [2.75, 3.05) is 13.7 Å². The van der Waals surface area contributed by atoms with Crippen LogP contribution in [-0.4, -0.2) is 51.7 Å². The molecule has 0 saturated carbocycles. The van der Waals surface area contributed by atoms with Crippen molar-refractivity contribution >= 4 is 17.8 Å². The number of halogens is 1. The van der Waals surface area contributed by atoms with E-state index < -0.39 is 23.3 Å². The topological polar surface area (TPSA) is 103 Å². The van der Waals surface area contributed by atoms with Gasteiger partial charge in [-0.25, -0.2) is 9.18 Å². The number of rotatable bonds is 8. The number of carbonyl (C=O) groups excluding carboxylic acids is 3. The molecule has 0 bridgehead atoms. The molecule has 1 atom stereocenters. The maximum Gasteiger partial charge on any atom is 0.358 e. The summed E-state index contributed by atoms with van der Waals surface area (Å²) in [5.41, 5.74) is 0.361. The molecule has 1 aromatic heterocycles. The Kier molecular flexibility index (Phi) is 7.05. The first-order chi connectivity index (χ1) is 17.2. The van der Waals surface area contributed by atoms with Gasteiger partial charge in [-0.2, -0.15) is 5.10 Å². The second-order valence-corrected chi connectivity index (χ2v) is 8.62. The number of benzene rings is 2. The summed E-state index contributed by atoms with van der Waals surface area (Å²) in [5.74, 6) is -1.20. The molecule has 0 saturated heterocycles. The number of ether oxygens (including phenoxy) is 2. The number of fused-ring (bicyclic) bond motifs is 1. The van der Waals surface area contributed by atoms with E-state index in [1.54, 1.807) is 45.2 Å². The first kappa shape index (κ1) is 24.9. The van der Waals surface area contributed by atoms with Crippen LogP contribution in [0.25, 0.3) is 0 Å². The number of methoxy groups -OCH3 is 1. The van der Waals surface area contributed by atoms with Crippen molar-refractivity contribution in [1.29, 1.82) is 0 Å². The van der Waals surface area contributed by atoms with E-state index in [0.29, 0.717) is 11.3 Å². The van der Waals surface area contributed by atoms with Crippen molar-refractivity contribution in [2.45, 2.75) is 39.0 Å². The zero-order valence-corrected chi connectivity index (χ0v) is 20.3. The Hall–Kier alpha value is -4.21. The average Bonchev–Trinajstić information content (AvgIpc) is 3.30. The summed E-state index contributed by atoms with van der Waals surface area (Å²) in [6, 6.07) is 14.4. The third-order valence-corrected chi connectivity index (χ3v) is 6.14. The minimum Gasteiger partial charge on any atom is -0.497 e. The van der Waals surface area contributed by atoms with E-state index in [4.69, 9.17) is 9.47 Å². The molecule has 0 fully saturated rings. The van der Waals surface area contributed by atoms with Gasteiger partial charge in [0.05, 0.1) is 20.3 Å². The Balaban J connectivity index is 1.65. The van der Waals surface area contributed by atoms with Crippen LogP contribution >= 0.6 is 0 Å². The van der Waals surface area contributed by atoms with Crippen molar-refractivity contribution in [3.05, 3.63) is 82.9 Å². The Bertz CT molecular complexity index is 1270. The normalized spacial score (nSPS) is 16.9. The van der Waals surface area contributed by atoms with E-state index in [2.05, 4.69) is 10.4 Å². The smallest absolute Gasteiger partial charge is 0.358 e. The van der Waals surface area contributed by atoms with E-state index in [9.17, 15) is 18.8 Å².